The summed E-state index contributed by atoms with van der Waals surface area (Å²) >= 11 is 0. The first-order valence-corrected chi connectivity index (χ1v) is 7.54. The van der Waals surface area contributed by atoms with E-state index in [1.54, 1.807) is 6.92 Å². The van der Waals surface area contributed by atoms with Crippen LogP contribution in [0.15, 0.2) is 18.2 Å². The smallest absolute Gasteiger partial charge is 0.319 e. The number of imide groups is 1. The van der Waals surface area contributed by atoms with Crippen LogP contribution in [0.2, 0.25) is 0 Å². The van der Waals surface area contributed by atoms with Crippen LogP contribution >= 0.6 is 0 Å². The van der Waals surface area contributed by atoms with Gasteiger partial charge in [0.15, 0.2) is 6.04 Å². The Morgan fingerprint density at radius 2 is 1.86 bits per heavy atom. The molecule has 0 unspecified atom stereocenters. The van der Waals surface area contributed by atoms with Crippen LogP contribution in [0.1, 0.15) is 49.4 Å². The van der Waals surface area contributed by atoms with Crippen molar-refractivity contribution in [3.05, 3.63) is 34.9 Å². The summed E-state index contributed by atoms with van der Waals surface area (Å²) in [5.74, 6) is -0.354. The SMILES string of the molecule is C[C@H]([NH2+][C@@H](C)c1ccc2c(c1)CCCC2)C(=O)NC(N)=O. The van der Waals surface area contributed by atoms with Gasteiger partial charge in [-0.25, -0.2) is 4.79 Å². The normalized spacial score (nSPS) is 16.7. The Hall–Kier alpha value is -1.88. The van der Waals surface area contributed by atoms with Crippen molar-refractivity contribution in [1.82, 2.24) is 5.32 Å². The fourth-order valence-corrected chi connectivity index (χ4v) is 2.90. The first-order chi connectivity index (χ1) is 9.97. The summed E-state index contributed by atoms with van der Waals surface area (Å²) in [6.07, 6.45) is 4.85. The van der Waals surface area contributed by atoms with Crippen molar-refractivity contribution in [2.45, 2.75) is 51.6 Å². The Morgan fingerprint density at radius 3 is 2.52 bits per heavy atom. The van der Waals surface area contributed by atoms with Gasteiger partial charge in [-0.2, -0.15) is 0 Å². The molecular formula is C16H24N3O2+. The number of rotatable bonds is 4. The van der Waals surface area contributed by atoms with Gasteiger partial charge in [-0.1, -0.05) is 12.1 Å². The minimum absolute atomic E-state index is 0.158. The van der Waals surface area contributed by atoms with Crippen molar-refractivity contribution >= 4 is 11.9 Å². The molecule has 1 aliphatic carbocycles. The van der Waals surface area contributed by atoms with E-state index in [4.69, 9.17) is 5.73 Å². The fourth-order valence-electron chi connectivity index (χ4n) is 2.90. The molecule has 5 nitrogen and oxygen atoms in total. The van der Waals surface area contributed by atoms with Gasteiger partial charge >= 0.3 is 6.03 Å². The average Bonchev–Trinajstić information content (AvgIpc) is 2.45. The maximum Gasteiger partial charge on any atom is 0.319 e. The van der Waals surface area contributed by atoms with Crippen molar-refractivity contribution in [1.29, 1.82) is 0 Å². The minimum atomic E-state index is -0.804. The van der Waals surface area contributed by atoms with E-state index in [1.165, 1.54) is 36.0 Å². The van der Waals surface area contributed by atoms with Crippen LogP contribution in [0.3, 0.4) is 0 Å². The van der Waals surface area contributed by atoms with E-state index in [-0.39, 0.29) is 18.0 Å². The first-order valence-electron chi connectivity index (χ1n) is 7.54. The lowest BCUT2D eigenvalue weighted by molar-refractivity contribution is -0.710. The van der Waals surface area contributed by atoms with Gasteiger partial charge in [0.1, 0.15) is 6.04 Å². The highest BCUT2D eigenvalue weighted by atomic mass is 16.2. The standard InChI is InChI=1S/C16H23N3O2/c1-10(18-11(2)15(20)19-16(17)21)13-8-7-12-5-3-4-6-14(12)9-13/h7-11,18H,3-6H2,1-2H3,(H3,17,19,20,21)/p+1/t10-,11-/m0/s1. The third kappa shape index (κ3) is 4.04. The van der Waals surface area contributed by atoms with E-state index in [0.29, 0.717) is 0 Å². The summed E-state index contributed by atoms with van der Waals surface area (Å²) in [7, 11) is 0. The van der Waals surface area contributed by atoms with Crippen LogP contribution in [-0.2, 0) is 17.6 Å². The van der Waals surface area contributed by atoms with Gasteiger partial charge < -0.3 is 11.1 Å². The number of fused-ring (bicyclic) bond motifs is 1. The highest BCUT2D eigenvalue weighted by molar-refractivity contribution is 5.95. The molecule has 2 atom stereocenters. The number of aryl methyl sites for hydroxylation is 2. The van der Waals surface area contributed by atoms with E-state index in [1.807, 2.05) is 5.32 Å². The molecule has 114 valence electrons. The average molecular weight is 290 g/mol. The molecule has 1 aromatic rings. The molecule has 0 aromatic heterocycles. The summed E-state index contributed by atoms with van der Waals surface area (Å²) in [5.41, 5.74) is 9.08. The second-order valence-corrected chi connectivity index (χ2v) is 5.86. The molecule has 2 rings (SSSR count). The summed E-state index contributed by atoms with van der Waals surface area (Å²) in [4.78, 5) is 22.4. The number of primary amides is 1. The summed E-state index contributed by atoms with van der Waals surface area (Å²) in [6.45, 7) is 3.84. The molecule has 21 heavy (non-hydrogen) atoms. The molecule has 0 heterocycles. The number of carbonyl (C=O) groups is 2. The molecule has 0 aliphatic heterocycles. The number of benzene rings is 1. The van der Waals surface area contributed by atoms with Gasteiger partial charge in [0.05, 0.1) is 0 Å². The zero-order valence-electron chi connectivity index (χ0n) is 12.7. The van der Waals surface area contributed by atoms with E-state index >= 15 is 0 Å². The molecule has 0 saturated heterocycles. The quantitative estimate of drug-likeness (QED) is 0.765. The Labute approximate surface area is 125 Å². The van der Waals surface area contributed by atoms with E-state index in [0.717, 1.165) is 6.42 Å². The zero-order valence-corrected chi connectivity index (χ0v) is 12.7. The third-order valence-corrected chi connectivity index (χ3v) is 4.14. The fraction of sp³-hybridized carbons (Fsp3) is 0.500. The lowest BCUT2D eigenvalue weighted by atomic mass is 9.89. The monoisotopic (exact) mass is 290 g/mol. The van der Waals surface area contributed by atoms with Crippen LogP contribution in [0, 0.1) is 0 Å². The number of carbonyl (C=O) groups excluding carboxylic acids is 2. The first kappa shape index (κ1) is 15.5. The van der Waals surface area contributed by atoms with Crippen molar-refractivity contribution in [2.75, 3.05) is 0 Å². The predicted molar refractivity (Wildman–Crippen MR) is 80.6 cm³/mol. The number of nitrogens with two attached hydrogens (primary N) is 2. The summed E-state index contributed by atoms with van der Waals surface area (Å²) < 4.78 is 0. The van der Waals surface area contributed by atoms with Gasteiger partial charge in [-0.3, -0.25) is 10.1 Å². The number of amides is 3. The molecule has 5 heteroatoms. The molecule has 0 spiro atoms. The highest BCUT2D eigenvalue weighted by Gasteiger charge is 2.22. The Kier molecular flexibility index (Phi) is 4.96. The van der Waals surface area contributed by atoms with Crippen molar-refractivity contribution in [3.8, 4) is 0 Å². The number of hydrogen-bond acceptors (Lipinski definition) is 2. The van der Waals surface area contributed by atoms with Crippen molar-refractivity contribution in [3.63, 3.8) is 0 Å². The Bertz CT molecular complexity index is 542. The third-order valence-electron chi connectivity index (χ3n) is 4.14. The van der Waals surface area contributed by atoms with Crippen LogP contribution in [0.4, 0.5) is 4.79 Å². The van der Waals surface area contributed by atoms with Gasteiger partial charge in [0, 0.05) is 5.56 Å². The van der Waals surface area contributed by atoms with Gasteiger partial charge in [0.2, 0.25) is 0 Å². The van der Waals surface area contributed by atoms with Crippen LogP contribution in [0.25, 0.3) is 0 Å². The predicted octanol–water partition coefficient (Wildman–Crippen LogP) is 0.773. The molecule has 1 aromatic carbocycles. The van der Waals surface area contributed by atoms with E-state index in [2.05, 4.69) is 30.4 Å². The lowest BCUT2D eigenvalue weighted by Crippen LogP contribution is -2.92. The molecule has 3 amide bonds. The Balaban J connectivity index is 2.01. The summed E-state index contributed by atoms with van der Waals surface area (Å²) in [6, 6.07) is 5.61. The van der Waals surface area contributed by atoms with Gasteiger partial charge in [0.25, 0.3) is 5.91 Å². The largest absolute Gasteiger partial charge is 0.351 e. The summed E-state index contributed by atoms with van der Waals surface area (Å²) in [5, 5.41) is 4.07. The van der Waals surface area contributed by atoms with Gasteiger partial charge in [-0.05, 0) is 56.7 Å². The molecule has 0 saturated carbocycles. The molecule has 0 fully saturated rings. The zero-order chi connectivity index (χ0) is 15.4. The minimum Gasteiger partial charge on any atom is -0.351 e. The van der Waals surface area contributed by atoms with E-state index < -0.39 is 6.03 Å². The van der Waals surface area contributed by atoms with Crippen LogP contribution in [0.5, 0.6) is 0 Å². The highest BCUT2D eigenvalue weighted by Crippen LogP contribution is 2.23. The maximum atomic E-state index is 11.7. The maximum absolute atomic E-state index is 11.7. The molecule has 0 radical (unpaired) electrons. The van der Waals surface area contributed by atoms with Crippen LogP contribution < -0.4 is 16.4 Å². The molecule has 1 aliphatic rings. The number of urea groups is 1. The van der Waals surface area contributed by atoms with E-state index in [9.17, 15) is 9.59 Å². The second kappa shape index (κ2) is 6.72. The van der Waals surface area contributed by atoms with Crippen LogP contribution in [-0.4, -0.2) is 18.0 Å². The lowest BCUT2D eigenvalue weighted by Gasteiger charge is -2.20. The number of nitrogens with one attached hydrogen (secondary N) is 1. The van der Waals surface area contributed by atoms with Crippen molar-refractivity contribution < 1.29 is 14.9 Å². The molecule has 5 N–H and O–H groups in total. The van der Waals surface area contributed by atoms with Crippen molar-refractivity contribution in [2.24, 2.45) is 5.73 Å². The topological polar surface area (TPSA) is 88.8 Å². The van der Waals surface area contributed by atoms with Gasteiger partial charge in [-0.15, -0.1) is 0 Å². The second-order valence-electron chi connectivity index (χ2n) is 5.86. The number of hydrogen-bond donors (Lipinski definition) is 3. The molecular weight excluding hydrogens is 266 g/mol. The Morgan fingerprint density at radius 1 is 1.19 bits per heavy atom. The molecule has 0 bridgehead atoms. The number of quaternary nitrogens is 1.